The lowest BCUT2D eigenvalue weighted by atomic mass is 9.97. The molecule has 4 heteroatoms. The minimum atomic E-state index is 0.660. The molecule has 3 nitrogen and oxygen atoms in total. The van der Waals surface area contributed by atoms with Gasteiger partial charge in [-0.3, -0.25) is 4.90 Å². The average molecular weight is 346 g/mol. The molecule has 0 saturated carbocycles. The van der Waals surface area contributed by atoms with Crippen LogP contribution in [0.2, 0.25) is 0 Å². The summed E-state index contributed by atoms with van der Waals surface area (Å²) in [7, 11) is 0. The molecule has 1 aromatic rings. The van der Waals surface area contributed by atoms with Crippen molar-refractivity contribution in [2.24, 2.45) is 0 Å². The fourth-order valence-electron chi connectivity index (χ4n) is 4.58. The lowest BCUT2D eigenvalue weighted by Crippen LogP contribution is -2.42. The van der Waals surface area contributed by atoms with E-state index in [0.717, 1.165) is 12.6 Å². The third-order valence-electron chi connectivity index (χ3n) is 5.98. The molecule has 0 amide bonds. The van der Waals surface area contributed by atoms with E-state index in [1.165, 1.54) is 80.2 Å². The lowest BCUT2D eigenvalue weighted by Gasteiger charge is -2.36. The summed E-state index contributed by atoms with van der Waals surface area (Å²) in [6.45, 7) is 8.48. The Morgan fingerprint density at radius 2 is 2.00 bits per heavy atom. The van der Waals surface area contributed by atoms with Gasteiger partial charge < -0.3 is 10.2 Å². The highest BCUT2D eigenvalue weighted by atomic mass is 32.2. The third-order valence-corrected chi connectivity index (χ3v) is 6.92. The van der Waals surface area contributed by atoms with Crippen molar-refractivity contribution in [1.29, 1.82) is 0 Å². The monoisotopic (exact) mass is 345 g/mol. The molecule has 3 aliphatic rings. The summed E-state index contributed by atoms with van der Waals surface area (Å²) in [6.07, 6.45) is 5.43. The lowest BCUT2D eigenvalue weighted by molar-refractivity contribution is 0.188. The number of fused-ring (bicyclic) bond motifs is 1. The van der Waals surface area contributed by atoms with Crippen molar-refractivity contribution >= 4 is 17.4 Å². The van der Waals surface area contributed by atoms with E-state index in [2.05, 4.69) is 52.0 Å². The van der Waals surface area contributed by atoms with Crippen molar-refractivity contribution in [3.05, 3.63) is 29.3 Å². The van der Waals surface area contributed by atoms with Crippen LogP contribution in [0.15, 0.2) is 18.2 Å². The van der Waals surface area contributed by atoms with Gasteiger partial charge in [-0.2, -0.15) is 11.8 Å². The fourth-order valence-corrected chi connectivity index (χ4v) is 5.56. The van der Waals surface area contributed by atoms with Crippen molar-refractivity contribution in [2.75, 3.05) is 43.0 Å². The molecule has 24 heavy (non-hydrogen) atoms. The van der Waals surface area contributed by atoms with Gasteiger partial charge in [-0.25, -0.2) is 0 Å². The molecule has 1 aromatic carbocycles. The highest BCUT2D eigenvalue weighted by Gasteiger charge is 2.31. The highest BCUT2D eigenvalue weighted by molar-refractivity contribution is 7.99. The Balaban J connectivity index is 1.35. The van der Waals surface area contributed by atoms with Crippen molar-refractivity contribution in [1.82, 2.24) is 9.80 Å². The van der Waals surface area contributed by atoms with E-state index in [1.807, 2.05) is 0 Å². The van der Waals surface area contributed by atoms with Crippen molar-refractivity contribution in [3.8, 4) is 0 Å². The first-order chi connectivity index (χ1) is 11.8. The SMILES string of the molecule is Cc1cc(CN2CCSCC2)ccc1N[C@@H]1CCN2CCC[C@@H]2C1. The summed E-state index contributed by atoms with van der Waals surface area (Å²) in [4.78, 5) is 5.29. The quantitative estimate of drug-likeness (QED) is 0.898. The number of nitrogens with one attached hydrogen (secondary N) is 1. The molecule has 0 aromatic heterocycles. The third kappa shape index (κ3) is 3.92. The number of anilines is 1. The molecule has 2 atom stereocenters. The first kappa shape index (κ1) is 16.7. The predicted molar refractivity (Wildman–Crippen MR) is 105 cm³/mol. The van der Waals surface area contributed by atoms with Crippen LogP contribution in [0.1, 0.15) is 36.8 Å². The summed E-state index contributed by atoms with van der Waals surface area (Å²) in [6, 6.07) is 8.56. The second kappa shape index (κ2) is 7.67. The number of hydrogen-bond acceptors (Lipinski definition) is 4. The van der Waals surface area contributed by atoms with Gasteiger partial charge in [-0.05, 0) is 56.3 Å². The minimum absolute atomic E-state index is 0.660. The van der Waals surface area contributed by atoms with Gasteiger partial charge >= 0.3 is 0 Å². The van der Waals surface area contributed by atoms with Crippen LogP contribution in [0.5, 0.6) is 0 Å². The van der Waals surface area contributed by atoms with Crippen LogP contribution < -0.4 is 5.32 Å². The van der Waals surface area contributed by atoms with Crippen molar-refractivity contribution < 1.29 is 0 Å². The molecule has 0 unspecified atom stereocenters. The number of nitrogens with zero attached hydrogens (tertiary/aromatic N) is 2. The number of aryl methyl sites for hydroxylation is 1. The molecule has 132 valence electrons. The second-order valence-electron chi connectivity index (χ2n) is 7.74. The van der Waals surface area contributed by atoms with Crippen LogP contribution in [0.4, 0.5) is 5.69 Å². The summed E-state index contributed by atoms with van der Waals surface area (Å²) >= 11 is 2.09. The van der Waals surface area contributed by atoms with Crippen LogP contribution in [0.3, 0.4) is 0 Å². The van der Waals surface area contributed by atoms with E-state index in [-0.39, 0.29) is 0 Å². The molecule has 0 aliphatic carbocycles. The second-order valence-corrected chi connectivity index (χ2v) is 8.96. The highest BCUT2D eigenvalue weighted by Crippen LogP contribution is 2.29. The van der Waals surface area contributed by atoms with E-state index in [0.29, 0.717) is 6.04 Å². The standard InChI is InChI=1S/C20H31N3S/c1-16-13-17(15-22-9-11-24-12-10-22)4-5-20(16)21-18-6-8-23-7-2-3-19(23)14-18/h4-5,13,18-19,21H,2-3,6-12,14-15H2,1H3/t18-,19-/m1/s1. The maximum Gasteiger partial charge on any atom is 0.0372 e. The van der Waals surface area contributed by atoms with Crippen LogP contribution in [-0.4, -0.2) is 59.6 Å². The Kier molecular flexibility index (Phi) is 5.35. The number of thioether (sulfide) groups is 1. The summed E-state index contributed by atoms with van der Waals surface area (Å²) in [5, 5.41) is 3.85. The van der Waals surface area contributed by atoms with E-state index in [9.17, 15) is 0 Å². The average Bonchev–Trinajstić information content (AvgIpc) is 3.06. The van der Waals surface area contributed by atoms with E-state index >= 15 is 0 Å². The van der Waals surface area contributed by atoms with E-state index in [1.54, 1.807) is 0 Å². The zero-order valence-electron chi connectivity index (χ0n) is 15.0. The van der Waals surface area contributed by atoms with Gasteiger partial charge in [-0.15, -0.1) is 0 Å². The smallest absolute Gasteiger partial charge is 0.0372 e. The Hall–Kier alpha value is -0.710. The van der Waals surface area contributed by atoms with Crippen LogP contribution in [0, 0.1) is 6.92 Å². The molecule has 1 N–H and O–H groups in total. The number of rotatable bonds is 4. The molecule has 0 radical (unpaired) electrons. The van der Waals surface area contributed by atoms with Gasteiger partial charge in [0.05, 0.1) is 0 Å². The van der Waals surface area contributed by atoms with Gasteiger partial charge in [-0.1, -0.05) is 12.1 Å². The number of benzene rings is 1. The first-order valence-corrected chi connectivity index (χ1v) is 10.8. The van der Waals surface area contributed by atoms with Gasteiger partial charge in [0.25, 0.3) is 0 Å². The van der Waals surface area contributed by atoms with Crippen LogP contribution >= 0.6 is 11.8 Å². The van der Waals surface area contributed by atoms with Gasteiger partial charge in [0.2, 0.25) is 0 Å². The molecule has 3 heterocycles. The van der Waals surface area contributed by atoms with Gasteiger partial charge in [0.1, 0.15) is 0 Å². The Morgan fingerprint density at radius 3 is 2.83 bits per heavy atom. The fraction of sp³-hybridized carbons (Fsp3) is 0.700. The molecule has 0 spiro atoms. The van der Waals surface area contributed by atoms with Gasteiger partial charge in [0.15, 0.2) is 0 Å². The minimum Gasteiger partial charge on any atom is -0.382 e. The molecule has 3 saturated heterocycles. The molecule has 3 aliphatic heterocycles. The maximum absolute atomic E-state index is 3.85. The zero-order chi connectivity index (χ0) is 16.4. The molecule has 3 fully saturated rings. The largest absolute Gasteiger partial charge is 0.382 e. The predicted octanol–water partition coefficient (Wildman–Crippen LogP) is 3.58. The normalized spacial score (nSPS) is 28.7. The number of hydrogen-bond donors (Lipinski definition) is 1. The topological polar surface area (TPSA) is 18.5 Å². The molecule has 4 rings (SSSR count). The zero-order valence-corrected chi connectivity index (χ0v) is 15.8. The Labute approximate surface area is 151 Å². The van der Waals surface area contributed by atoms with E-state index < -0.39 is 0 Å². The Morgan fingerprint density at radius 1 is 1.12 bits per heavy atom. The molecular weight excluding hydrogens is 314 g/mol. The van der Waals surface area contributed by atoms with Crippen LogP contribution in [0.25, 0.3) is 0 Å². The summed E-state index contributed by atoms with van der Waals surface area (Å²) in [5.41, 5.74) is 4.23. The molecule has 0 bridgehead atoms. The summed E-state index contributed by atoms with van der Waals surface area (Å²) in [5.74, 6) is 2.58. The van der Waals surface area contributed by atoms with Gasteiger partial charge in [0, 0.05) is 55.5 Å². The molecular formula is C20H31N3S. The van der Waals surface area contributed by atoms with E-state index in [4.69, 9.17) is 0 Å². The maximum atomic E-state index is 3.85. The first-order valence-electron chi connectivity index (χ1n) is 9.68. The van der Waals surface area contributed by atoms with Crippen molar-refractivity contribution in [2.45, 2.75) is 51.2 Å². The summed E-state index contributed by atoms with van der Waals surface area (Å²) < 4.78 is 0. The Bertz CT molecular complexity index is 556. The van der Waals surface area contributed by atoms with Crippen LogP contribution in [-0.2, 0) is 6.54 Å². The number of piperidine rings is 1. The van der Waals surface area contributed by atoms with Crippen molar-refractivity contribution in [3.63, 3.8) is 0 Å².